The molecule has 0 saturated heterocycles. The summed E-state index contributed by atoms with van der Waals surface area (Å²) in [5, 5.41) is 12.8. The minimum Gasteiger partial charge on any atom is -0.223 e. The Balaban J connectivity index is 2.38. The first-order valence-corrected chi connectivity index (χ1v) is 8.60. The molecule has 0 amide bonds. The summed E-state index contributed by atoms with van der Waals surface area (Å²) >= 11 is 3.04. The zero-order valence-electron chi connectivity index (χ0n) is 9.45. The van der Waals surface area contributed by atoms with Gasteiger partial charge in [-0.2, -0.15) is 5.26 Å². The number of thiophene rings is 2. The lowest BCUT2D eigenvalue weighted by Crippen LogP contribution is -1.97. The molecule has 2 aromatic rings. The molecule has 0 aliphatic rings. The molecule has 0 aromatic carbocycles. The van der Waals surface area contributed by atoms with Gasteiger partial charge in [-0.15, -0.1) is 22.7 Å². The zero-order valence-corrected chi connectivity index (χ0v) is 11.9. The molecule has 2 rings (SSSR count). The van der Waals surface area contributed by atoms with Gasteiger partial charge in [0.15, 0.2) is 9.84 Å². The van der Waals surface area contributed by atoms with Crippen molar-refractivity contribution >= 4 is 38.6 Å². The predicted molar refractivity (Wildman–Crippen MR) is 76.1 cm³/mol. The van der Waals surface area contributed by atoms with Crippen molar-refractivity contribution in [1.82, 2.24) is 0 Å². The summed E-state index contributed by atoms with van der Waals surface area (Å²) in [6, 6.07) is 7.57. The van der Waals surface area contributed by atoms with Crippen LogP contribution >= 0.6 is 22.7 Å². The highest BCUT2D eigenvalue weighted by Crippen LogP contribution is 2.30. The van der Waals surface area contributed by atoms with Crippen LogP contribution in [-0.4, -0.2) is 14.7 Å². The van der Waals surface area contributed by atoms with Crippen LogP contribution in [0.2, 0.25) is 0 Å². The Morgan fingerprint density at radius 1 is 1.44 bits per heavy atom. The summed E-state index contributed by atoms with van der Waals surface area (Å²) in [6.45, 7) is 0. The van der Waals surface area contributed by atoms with Gasteiger partial charge in [-0.1, -0.05) is 6.07 Å². The van der Waals surface area contributed by atoms with Gasteiger partial charge in [0.1, 0.15) is 11.0 Å². The van der Waals surface area contributed by atoms with E-state index in [1.807, 2.05) is 29.0 Å². The zero-order chi connectivity index (χ0) is 13.2. The molecule has 18 heavy (non-hydrogen) atoms. The lowest BCUT2D eigenvalue weighted by molar-refractivity contribution is 0.609. The molecule has 0 aliphatic heterocycles. The largest absolute Gasteiger partial charge is 0.223 e. The number of hydrogen-bond acceptors (Lipinski definition) is 5. The summed E-state index contributed by atoms with van der Waals surface area (Å²) < 4.78 is 22.6. The van der Waals surface area contributed by atoms with Crippen LogP contribution in [0.25, 0.3) is 16.5 Å². The number of rotatable bonds is 3. The van der Waals surface area contributed by atoms with E-state index in [0.717, 1.165) is 21.6 Å². The molecule has 0 saturated carbocycles. The van der Waals surface area contributed by atoms with Crippen molar-refractivity contribution in [2.24, 2.45) is 0 Å². The minimum absolute atomic E-state index is 0.206. The summed E-state index contributed by atoms with van der Waals surface area (Å²) in [4.78, 5) is 1.69. The van der Waals surface area contributed by atoms with Crippen LogP contribution in [0.15, 0.2) is 33.9 Å². The average molecular weight is 295 g/mol. The first kappa shape index (κ1) is 13.0. The smallest absolute Gasteiger partial charge is 0.185 e. The van der Waals surface area contributed by atoms with Crippen LogP contribution in [0.4, 0.5) is 0 Å². The minimum atomic E-state index is -3.45. The highest BCUT2D eigenvalue weighted by molar-refractivity contribution is 7.95. The SMILES string of the molecule is CS(=O)(=O)/C(C#N)=C/c1cc(-c2cccs2)cs1. The second-order valence-electron chi connectivity index (χ2n) is 3.61. The van der Waals surface area contributed by atoms with Gasteiger partial charge in [-0.3, -0.25) is 0 Å². The van der Waals surface area contributed by atoms with Gasteiger partial charge in [-0.05, 0) is 29.0 Å². The van der Waals surface area contributed by atoms with E-state index in [-0.39, 0.29) is 4.91 Å². The maximum Gasteiger partial charge on any atom is 0.185 e. The molecule has 0 spiro atoms. The number of nitriles is 1. The van der Waals surface area contributed by atoms with Crippen LogP contribution < -0.4 is 0 Å². The Morgan fingerprint density at radius 3 is 2.78 bits per heavy atom. The van der Waals surface area contributed by atoms with Crippen LogP contribution in [-0.2, 0) is 9.84 Å². The maximum atomic E-state index is 11.3. The van der Waals surface area contributed by atoms with Crippen molar-refractivity contribution < 1.29 is 8.42 Å². The first-order valence-electron chi connectivity index (χ1n) is 4.95. The van der Waals surface area contributed by atoms with E-state index in [9.17, 15) is 8.42 Å². The van der Waals surface area contributed by atoms with Crippen LogP contribution in [0.5, 0.6) is 0 Å². The van der Waals surface area contributed by atoms with Crippen molar-refractivity contribution in [2.75, 3.05) is 6.26 Å². The quantitative estimate of drug-likeness (QED) is 0.816. The summed E-state index contributed by atoms with van der Waals surface area (Å²) in [5.41, 5.74) is 1.05. The van der Waals surface area contributed by atoms with Gasteiger partial charge in [0, 0.05) is 21.6 Å². The van der Waals surface area contributed by atoms with Crippen molar-refractivity contribution in [1.29, 1.82) is 5.26 Å². The fourth-order valence-electron chi connectivity index (χ4n) is 1.35. The third-order valence-electron chi connectivity index (χ3n) is 2.21. The molecule has 0 bridgehead atoms. The average Bonchev–Trinajstić information content (AvgIpc) is 2.94. The molecule has 3 nitrogen and oxygen atoms in total. The molecule has 0 atom stereocenters. The number of sulfone groups is 1. The standard InChI is InChI=1S/C12H9NO2S3/c1-18(14,15)11(7-13)6-10-5-9(8-17-10)12-3-2-4-16-12/h2-6,8H,1H3/b11-6+. The second-order valence-corrected chi connectivity index (χ2v) is 7.48. The molecule has 2 aromatic heterocycles. The van der Waals surface area contributed by atoms with Crippen molar-refractivity contribution in [3.8, 4) is 16.5 Å². The molecule has 0 radical (unpaired) electrons. The first-order chi connectivity index (χ1) is 8.50. The molecular weight excluding hydrogens is 286 g/mol. The van der Waals surface area contributed by atoms with E-state index in [1.165, 1.54) is 17.4 Å². The lowest BCUT2D eigenvalue weighted by atomic mass is 10.2. The molecule has 0 unspecified atom stereocenters. The van der Waals surface area contributed by atoms with E-state index in [0.29, 0.717) is 0 Å². The van der Waals surface area contributed by atoms with Gasteiger partial charge in [-0.25, -0.2) is 8.42 Å². The summed E-state index contributed by atoms with van der Waals surface area (Å²) in [6.07, 6.45) is 2.45. The van der Waals surface area contributed by atoms with Gasteiger partial charge in [0.25, 0.3) is 0 Å². The summed E-state index contributed by atoms with van der Waals surface area (Å²) in [7, 11) is -3.45. The van der Waals surface area contributed by atoms with Gasteiger partial charge < -0.3 is 0 Å². The van der Waals surface area contributed by atoms with Crippen LogP contribution in [0, 0.1) is 11.3 Å². The highest BCUT2D eigenvalue weighted by atomic mass is 32.2. The number of allylic oxidation sites excluding steroid dienone is 1. The third kappa shape index (κ3) is 2.88. The lowest BCUT2D eigenvalue weighted by Gasteiger charge is -1.92. The monoisotopic (exact) mass is 295 g/mol. The van der Waals surface area contributed by atoms with E-state index < -0.39 is 9.84 Å². The van der Waals surface area contributed by atoms with Gasteiger partial charge in [0.05, 0.1) is 0 Å². The molecule has 0 aliphatic carbocycles. The van der Waals surface area contributed by atoms with Crippen LogP contribution in [0.1, 0.15) is 4.88 Å². The predicted octanol–water partition coefficient (Wildman–Crippen LogP) is 3.39. The summed E-state index contributed by atoms with van der Waals surface area (Å²) in [5.74, 6) is 0. The fourth-order valence-corrected chi connectivity index (χ4v) is 3.56. The van der Waals surface area contributed by atoms with Crippen molar-refractivity contribution in [2.45, 2.75) is 0 Å². The molecule has 2 heterocycles. The second kappa shape index (κ2) is 5.06. The normalized spacial score (nSPS) is 12.3. The van der Waals surface area contributed by atoms with E-state index in [4.69, 9.17) is 5.26 Å². The molecule has 0 fully saturated rings. The molecule has 6 heteroatoms. The Bertz CT molecular complexity index is 716. The van der Waals surface area contributed by atoms with Crippen LogP contribution in [0.3, 0.4) is 0 Å². The van der Waals surface area contributed by atoms with Crippen molar-refractivity contribution in [3.05, 3.63) is 38.7 Å². The highest BCUT2D eigenvalue weighted by Gasteiger charge is 2.11. The van der Waals surface area contributed by atoms with Gasteiger partial charge in [0.2, 0.25) is 0 Å². The van der Waals surface area contributed by atoms with Crippen molar-refractivity contribution in [3.63, 3.8) is 0 Å². The Morgan fingerprint density at radius 2 is 2.22 bits per heavy atom. The molecular formula is C12H9NO2S3. The third-order valence-corrected chi connectivity index (χ3v) is 5.02. The Hall–Kier alpha value is -1.42. The Kier molecular flexibility index (Phi) is 3.66. The Labute approximate surface area is 114 Å². The topological polar surface area (TPSA) is 57.9 Å². The van der Waals surface area contributed by atoms with E-state index in [2.05, 4.69) is 0 Å². The van der Waals surface area contributed by atoms with Gasteiger partial charge >= 0.3 is 0 Å². The van der Waals surface area contributed by atoms with E-state index >= 15 is 0 Å². The molecule has 0 N–H and O–H groups in total. The number of nitrogens with zero attached hydrogens (tertiary/aromatic N) is 1. The number of hydrogen-bond donors (Lipinski definition) is 0. The fraction of sp³-hybridized carbons (Fsp3) is 0.0833. The van der Waals surface area contributed by atoms with E-state index in [1.54, 1.807) is 17.4 Å². The maximum absolute atomic E-state index is 11.3. The molecule has 92 valence electrons.